The summed E-state index contributed by atoms with van der Waals surface area (Å²) in [4.78, 5) is 0. The lowest BCUT2D eigenvalue weighted by Crippen LogP contribution is -2.77. The summed E-state index contributed by atoms with van der Waals surface area (Å²) in [5.41, 5.74) is 34.7. The van der Waals surface area contributed by atoms with Crippen molar-refractivity contribution in [2.24, 2.45) is 0 Å². The van der Waals surface area contributed by atoms with Crippen LogP contribution in [0.25, 0.3) is 122 Å². The molecule has 0 radical (unpaired) electrons. The number of pyridine rings is 3. The molecule has 4 atom stereocenters. The van der Waals surface area contributed by atoms with Crippen molar-refractivity contribution in [3.05, 3.63) is 490 Å². The number of fused-ring (bicyclic) bond motifs is 13. The molecule has 0 bridgehead atoms. The Hall–Kier alpha value is -17.4. The van der Waals surface area contributed by atoms with E-state index in [0.29, 0.717) is 0 Å². The molecule has 0 saturated heterocycles. The standard InChI is InChI=1S/C47H32N4O.C42H31N3O.C35H25N3O2/c1-27-34(21-16-29-25-32-19-17-30-9-7-10-31-18-20-33(26-29)43(32)42(30)31)28(2)51-47-44-38(50(27)51)13-8-14-39(44)52-40-23-22-36-35-11-3-4-12-37(35)49(46(36)45(40)47)41-15-5-6-24-48(41)47;1-27-23-31(29-13-5-3-6-14-29)24-28(2)38(27)32-25-44-35-19-12-21-37-41(35)42(45(44)26-32)40-33(17-11-20-36(40)46-37)39(30-15-7-4-8-16-30)34-18-9-10-22-43(34)42;1-22-32(26-14-8-13-25(21-26)24-11-4-3-5-12-24)23(2)38-35-33-27(37(22)38)15-9-16-28(33)39-29-17-10-18-30(34(29)35)40-31-19-6-7-20-36(31)35/h3-15,17-20,22-26H,16,21H2,1-2H3;3-26,39H,1-2H3;3-21H,1-2H3/q3*+2. The van der Waals surface area contributed by atoms with E-state index in [4.69, 9.17) is 18.9 Å². The van der Waals surface area contributed by atoms with Gasteiger partial charge in [0, 0.05) is 54.4 Å². The Kier molecular flexibility index (Phi) is 15.6. The summed E-state index contributed by atoms with van der Waals surface area (Å²) in [6.07, 6.45) is 13.2. The molecule has 16 aromatic carbocycles. The summed E-state index contributed by atoms with van der Waals surface area (Å²) < 4.78 is 51.2. The van der Waals surface area contributed by atoms with Crippen LogP contribution in [-0.2, 0) is 29.8 Å². The topological polar surface area (TPSA) is 79.9 Å². The highest BCUT2D eigenvalue weighted by atomic mass is 16.5. The largest absolute Gasteiger partial charge is 0.456 e. The summed E-state index contributed by atoms with van der Waals surface area (Å²) in [6.45, 7) is 13.6. The molecule has 4 unspecified atom stereocenters. The lowest BCUT2D eigenvalue weighted by Gasteiger charge is -2.35. The predicted molar refractivity (Wildman–Crippen MR) is 535 cm³/mol. The fraction of sp³-hybridized carbons (Fsp3) is 0.0968. The lowest BCUT2D eigenvalue weighted by molar-refractivity contribution is -0.999. The first-order valence-corrected chi connectivity index (χ1v) is 47.9. The highest BCUT2D eigenvalue weighted by Crippen LogP contribution is 2.61. The number of para-hydroxylation sites is 1. The first-order chi connectivity index (χ1) is 67.9. The Balaban J connectivity index is 0.0000000987. The molecule has 3 spiro atoms. The number of ether oxygens (including phenoxy) is 4. The van der Waals surface area contributed by atoms with Crippen LogP contribution in [0.4, 0.5) is 0 Å². The molecule has 14 nitrogen and oxygen atoms in total. The minimum Gasteiger partial charge on any atom is -0.456 e. The quantitative estimate of drug-likeness (QED) is 0.112. The smallest absolute Gasteiger partial charge is 0.452 e. The average molecular weight is 1780 g/mol. The Morgan fingerprint density at radius 2 is 0.855 bits per heavy atom. The Morgan fingerprint density at radius 1 is 0.333 bits per heavy atom. The zero-order valence-electron chi connectivity index (χ0n) is 76.6. The van der Waals surface area contributed by atoms with Gasteiger partial charge >= 0.3 is 22.9 Å². The van der Waals surface area contributed by atoms with Gasteiger partial charge in [0.1, 0.15) is 62.6 Å². The number of hydrogen-bond donors (Lipinski definition) is 0. The van der Waals surface area contributed by atoms with Crippen molar-refractivity contribution in [2.75, 3.05) is 0 Å². The van der Waals surface area contributed by atoms with E-state index in [1.165, 1.54) is 188 Å². The average Bonchev–Trinajstić information content (AvgIpc) is 1.58. The van der Waals surface area contributed by atoms with Crippen LogP contribution in [0.3, 0.4) is 0 Å². The molecule has 0 fully saturated rings. The molecule has 16 heterocycles. The van der Waals surface area contributed by atoms with Gasteiger partial charge in [0.25, 0.3) is 5.82 Å². The normalized spacial score (nSPS) is 16.9. The third-order valence-electron chi connectivity index (χ3n) is 31.4. The molecule has 138 heavy (non-hydrogen) atoms. The molecule has 7 aromatic heterocycles. The van der Waals surface area contributed by atoms with Gasteiger partial charge in [0.2, 0.25) is 23.3 Å². The van der Waals surface area contributed by atoms with Crippen molar-refractivity contribution in [3.63, 3.8) is 0 Å². The second-order valence-electron chi connectivity index (χ2n) is 38.4. The van der Waals surface area contributed by atoms with Gasteiger partial charge in [0.15, 0.2) is 51.5 Å². The molecule has 0 amide bonds. The SMILES string of the molecule is Cc1c(-c2cccc(-c3ccccc3)c2)c(C)[n+]2n1-c1cccc3c1C21c2c(cccc2Oc2cccc[n+]21)O3.Cc1c(CCc2cc3ccc4cccc5ccc(c2)c3c45)c(C)[n+]2n1-c1cccc3c1C21c2c(ccc4c5ccccc5n(c24)-c2cccc[n+]21)O3.Cc1cc(-c2ccccc2)cc(C)c1-c1cn2[n+](c1)C13c4c(cccc4C(c4ccccc4)c4cccc[n+]41)Oc1cccc-2c13. The van der Waals surface area contributed by atoms with E-state index in [-0.39, 0.29) is 5.92 Å². The van der Waals surface area contributed by atoms with Gasteiger partial charge in [-0.25, -0.2) is 0 Å². The molecule has 14 heteroatoms. The van der Waals surface area contributed by atoms with Crippen molar-refractivity contribution >= 4 is 54.1 Å². The molecule has 0 saturated carbocycles. The van der Waals surface area contributed by atoms with Gasteiger partial charge in [-0.05, 0) is 240 Å². The van der Waals surface area contributed by atoms with Crippen LogP contribution in [0, 0.1) is 41.5 Å². The summed E-state index contributed by atoms with van der Waals surface area (Å²) in [5.74, 6) is 8.16. The van der Waals surface area contributed by atoms with Crippen LogP contribution in [-0.4, -0.2) is 18.6 Å². The van der Waals surface area contributed by atoms with Crippen LogP contribution < -0.4 is 46.7 Å². The number of hydrogen-bond acceptors (Lipinski definition) is 4. The highest BCUT2D eigenvalue weighted by molar-refractivity contribution is 6.23. The van der Waals surface area contributed by atoms with Crippen LogP contribution in [0.15, 0.2) is 395 Å². The minimum absolute atomic E-state index is 0.0689. The van der Waals surface area contributed by atoms with E-state index in [2.05, 4.69) is 453 Å². The van der Waals surface area contributed by atoms with E-state index in [0.717, 1.165) is 87.3 Å². The van der Waals surface area contributed by atoms with Crippen molar-refractivity contribution in [1.29, 1.82) is 0 Å². The van der Waals surface area contributed by atoms with Crippen LogP contribution >= 0.6 is 0 Å². The van der Waals surface area contributed by atoms with Gasteiger partial charge < -0.3 is 18.9 Å². The number of benzene rings is 16. The summed E-state index contributed by atoms with van der Waals surface area (Å²) in [5, 5.41) is 10.5. The monoisotopic (exact) mass is 1780 g/mol. The van der Waals surface area contributed by atoms with Gasteiger partial charge in [-0.15, -0.1) is 18.6 Å². The number of rotatable bonds is 8. The zero-order valence-corrected chi connectivity index (χ0v) is 76.6. The molecule has 9 aliphatic heterocycles. The predicted octanol–water partition coefficient (Wildman–Crippen LogP) is 24.5. The molecule has 0 N–H and O–H groups in total. The minimum atomic E-state index is -0.699. The maximum Gasteiger partial charge on any atom is 0.452 e. The van der Waals surface area contributed by atoms with Crippen molar-refractivity contribution in [2.45, 2.75) is 77.3 Å². The lowest BCUT2D eigenvalue weighted by atomic mass is 9.74. The number of aromatic nitrogens is 10. The van der Waals surface area contributed by atoms with E-state index in [1.54, 1.807) is 0 Å². The van der Waals surface area contributed by atoms with Gasteiger partial charge in [-0.1, -0.05) is 246 Å². The van der Waals surface area contributed by atoms with Gasteiger partial charge in [-0.3, -0.25) is 0 Å². The molecule has 23 aromatic rings. The van der Waals surface area contributed by atoms with Crippen molar-refractivity contribution in [1.82, 2.24) is 18.6 Å². The fourth-order valence-electron chi connectivity index (χ4n) is 26.4. The summed E-state index contributed by atoms with van der Waals surface area (Å²) in [6, 6.07) is 131. The molecular weight excluding hydrogens is 1690 g/mol. The van der Waals surface area contributed by atoms with Crippen LogP contribution in [0.2, 0.25) is 0 Å². The fourth-order valence-corrected chi connectivity index (χ4v) is 26.4. The first-order valence-electron chi connectivity index (χ1n) is 47.9. The Bertz CT molecular complexity index is 9250. The van der Waals surface area contributed by atoms with Gasteiger partial charge in [0.05, 0.1) is 46.9 Å². The summed E-state index contributed by atoms with van der Waals surface area (Å²) >= 11 is 0. The molecular formula is C124H88N10O4+6. The third-order valence-corrected chi connectivity index (χ3v) is 31.4. The van der Waals surface area contributed by atoms with E-state index < -0.39 is 17.0 Å². The first kappa shape index (κ1) is 77.1. The second-order valence-corrected chi connectivity index (χ2v) is 38.4. The van der Waals surface area contributed by atoms with Crippen LogP contribution in [0.1, 0.15) is 101 Å². The maximum atomic E-state index is 6.89. The highest BCUT2D eigenvalue weighted by Gasteiger charge is 2.75. The van der Waals surface area contributed by atoms with Crippen molar-refractivity contribution < 1.29 is 46.7 Å². The third kappa shape index (κ3) is 9.83. The second kappa shape index (κ2) is 27.9. The zero-order chi connectivity index (χ0) is 91.2. The van der Waals surface area contributed by atoms with Gasteiger partial charge in [-0.2, -0.15) is 9.13 Å². The van der Waals surface area contributed by atoms with E-state index in [1.807, 2.05) is 30.3 Å². The molecule has 652 valence electrons. The molecule has 0 aliphatic carbocycles. The van der Waals surface area contributed by atoms with Crippen molar-refractivity contribution in [3.8, 4) is 114 Å². The Labute approximate surface area is 795 Å². The molecule has 32 rings (SSSR count). The van der Waals surface area contributed by atoms with E-state index in [9.17, 15) is 0 Å². The van der Waals surface area contributed by atoms with Crippen LogP contribution in [0.5, 0.6) is 46.1 Å². The number of aryl methyl sites for hydroxylation is 3. The molecule has 9 aliphatic rings. The number of nitrogens with zero attached hydrogens (tertiary/aromatic N) is 10. The van der Waals surface area contributed by atoms with E-state index >= 15 is 0 Å². The Morgan fingerprint density at radius 3 is 1.57 bits per heavy atom. The maximum absolute atomic E-state index is 6.89. The summed E-state index contributed by atoms with van der Waals surface area (Å²) in [7, 11) is 0.